The molecule has 0 aliphatic carbocycles. The molecular formula is C22H17ClFN3O2S2. The molecule has 0 radical (unpaired) electrons. The lowest BCUT2D eigenvalue weighted by Gasteiger charge is -2.13. The number of aryl methyl sites for hydroxylation is 2. The molecule has 0 aliphatic heterocycles. The molecule has 0 fully saturated rings. The second kappa shape index (κ2) is 8.82. The largest absolute Gasteiger partial charge is 0.324 e. The molecule has 9 heteroatoms. The van der Waals surface area contributed by atoms with Gasteiger partial charge in [-0.15, -0.1) is 11.3 Å². The van der Waals surface area contributed by atoms with Crippen molar-refractivity contribution in [1.29, 1.82) is 0 Å². The van der Waals surface area contributed by atoms with Crippen molar-refractivity contribution in [3.05, 3.63) is 80.2 Å². The van der Waals surface area contributed by atoms with Crippen molar-refractivity contribution in [2.24, 2.45) is 0 Å². The minimum absolute atomic E-state index is 0.000582. The van der Waals surface area contributed by atoms with Gasteiger partial charge in [-0.25, -0.2) is 9.37 Å². The molecule has 2 aromatic heterocycles. The van der Waals surface area contributed by atoms with Crippen LogP contribution in [0.2, 0.25) is 5.02 Å². The van der Waals surface area contributed by atoms with E-state index in [1.807, 2.05) is 37.4 Å². The monoisotopic (exact) mass is 473 g/mol. The van der Waals surface area contributed by atoms with Gasteiger partial charge in [0.05, 0.1) is 27.7 Å². The summed E-state index contributed by atoms with van der Waals surface area (Å²) < 4.78 is 15.3. The topological polar surface area (TPSA) is 64.0 Å². The highest BCUT2D eigenvalue weighted by molar-refractivity contribution is 7.99. The summed E-state index contributed by atoms with van der Waals surface area (Å²) in [7, 11) is 0. The van der Waals surface area contributed by atoms with Gasteiger partial charge in [-0.3, -0.25) is 14.2 Å². The van der Waals surface area contributed by atoms with Crippen LogP contribution in [0.1, 0.15) is 11.1 Å². The molecule has 0 aliphatic rings. The van der Waals surface area contributed by atoms with Crippen LogP contribution in [0.5, 0.6) is 0 Å². The number of fused-ring (bicyclic) bond motifs is 1. The van der Waals surface area contributed by atoms with E-state index in [1.54, 1.807) is 10.6 Å². The van der Waals surface area contributed by atoms with E-state index >= 15 is 0 Å². The zero-order valence-electron chi connectivity index (χ0n) is 16.6. The van der Waals surface area contributed by atoms with Crippen LogP contribution in [-0.2, 0) is 4.79 Å². The first kappa shape index (κ1) is 21.5. The van der Waals surface area contributed by atoms with E-state index in [0.717, 1.165) is 29.0 Å². The third-order valence-electron chi connectivity index (χ3n) is 4.45. The number of aromatic nitrogens is 2. The van der Waals surface area contributed by atoms with Crippen LogP contribution in [0.3, 0.4) is 0 Å². The maximum Gasteiger partial charge on any atom is 0.276 e. The first-order chi connectivity index (χ1) is 14.8. The molecule has 5 nitrogen and oxygen atoms in total. The van der Waals surface area contributed by atoms with E-state index in [2.05, 4.69) is 10.3 Å². The normalized spacial score (nSPS) is 11.1. The summed E-state index contributed by atoms with van der Waals surface area (Å²) in [6.07, 6.45) is 0. The van der Waals surface area contributed by atoms with Crippen LogP contribution in [0.4, 0.5) is 10.1 Å². The Morgan fingerprint density at radius 1 is 1.19 bits per heavy atom. The lowest BCUT2D eigenvalue weighted by Crippen LogP contribution is -2.22. The van der Waals surface area contributed by atoms with Gasteiger partial charge in [0.15, 0.2) is 5.16 Å². The summed E-state index contributed by atoms with van der Waals surface area (Å²) in [6, 6.07) is 11.4. The number of benzene rings is 2. The molecule has 31 heavy (non-hydrogen) atoms. The van der Waals surface area contributed by atoms with Gasteiger partial charge in [0.25, 0.3) is 5.56 Å². The summed E-state index contributed by atoms with van der Waals surface area (Å²) in [4.78, 5) is 30.3. The van der Waals surface area contributed by atoms with Crippen LogP contribution in [0.15, 0.2) is 57.8 Å². The molecule has 1 N–H and O–H groups in total. The number of nitrogens with zero attached hydrogens (tertiary/aromatic N) is 2. The van der Waals surface area contributed by atoms with Crippen molar-refractivity contribution in [2.75, 3.05) is 11.1 Å². The second-order valence-electron chi connectivity index (χ2n) is 6.98. The van der Waals surface area contributed by atoms with Gasteiger partial charge in [-0.05, 0) is 66.8 Å². The van der Waals surface area contributed by atoms with Crippen LogP contribution in [-0.4, -0.2) is 21.2 Å². The first-order valence-corrected chi connectivity index (χ1v) is 11.5. The number of halogens is 2. The SMILES string of the molecule is Cc1cc(C)cc(-n2c(SCC(=O)Nc3ccc(F)cc3Cl)nc3ccsc3c2=O)c1. The maximum absolute atomic E-state index is 13.2. The van der Waals surface area contributed by atoms with Crippen LogP contribution in [0.25, 0.3) is 15.9 Å². The number of carbonyl (C=O) groups is 1. The smallest absolute Gasteiger partial charge is 0.276 e. The van der Waals surface area contributed by atoms with Gasteiger partial charge < -0.3 is 5.32 Å². The van der Waals surface area contributed by atoms with E-state index in [0.29, 0.717) is 26.7 Å². The lowest BCUT2D eigenvalue weighted by molar-refractivity contribution is -0.113. The van der Waals surface area contributed by atoms with E-state index in [-0.39, 0.29) is 22.2 Å². The van der Waals surface area contributed by atoms with Gasteiger partial charge in [0.2, 0.25) is 5.91 Å². The molecule has 2 aromatic carbocycles. The highest BCUT2D eigenvalue weighted by atomic mass is 35.5. The molecule has 0 saturated heterocycles. The molecule has 0 bridgehead atoms. The predicted molar refractivity (Wildman–Crippen MR) is 125 cm³/mol. The van der Waals surface area contributed by atoms with Crippen molar-refractivity contribution in [1.82, 2.24) is 9.55 Å². The summed E-state index contributed by atoms with van der Waals surface area (Å²) in [6.45, 7) is 3.93. The van der Waals surface area contributed by atoms with E-state index in [1.165, 1.54) is 23.5 Å². The fourth-order valence-electron chi connectivity index (χ4n) is 3.20. The Hall–Kier alpha value is -2.68. The average molecular weight is 474 g/mol. The Balaban J connectivity index is 1.66. The third-order valence-corrected chi connectivity index (χ3v) is 6.59. The fourth-order valence-corrected chi connectivity index (χ4v) is 4.99. The first-order valence-electron chi connectivity index (χ1n) is 9.28. The highest BCUT2D eigenvalue weighted by Crippen LogP contribution is 2.26. The summed E-state index contributed by atoms with van der Waals surface area (Å²) in [5, 5.41) is 5.01. The molecule has 2 heterocycles. The van der Waals surface area contributed by atoms with Crippen molar-refractivity contribution < 1.29 is 9.18 Å². The second-order valence-corrected chi connectivity index (χ2v) is 9.24. The zero-order valence-corrected chi connectivity index (χ0v) is 19.0. The Morgan fingerprint density at radius 3 is 2.65 bits per heavy atom. The summed E-state index contributed by atoms with van der Waals surface area (Å²) in [5.41, 5.74) is 3.49. The van der Waals surface area contributed by atoms with Gasteiger partial charge in [0.1, 0.15) is 10.5 Å². The van der Waals surface area contributed by atoms with Crippen molar-refractivity contribution >= 4 is 56.5 Å². The number of anilines is 1. The molecule has 0 saturated carbocycles. The van der Waals surface area contributed by atoms with Gasteiger partial charge in [0, 0.05) is 0 Å². The summed E-state index contributed by atoms with van der Waals surface area (Å²) >= 11 is 8.47. The maximum atomic E-state index is 13.2. The molecule has 4 aromatic rings. The minimum atomic E-state index is -0.483. The number of hydrogen-bond acceptors (Lipinski definition) is 5. The number of amides is 1. The standard InChI is InChI=1S/C22H17ClFN3O2S2/c1-12-7-13(2)9-15(8-12)27-21(29)20-18(5-6-30-20)26-22(27)31-11-19(28)25-17-4-3-14(24)10-16(17)23/h3-10H,11H2,1-2H3,(H,25,28). The Kier molecular flexibility index (Phi) is 6.13. The number of thiophene rings is 1. The molecule has 0 spiro atoms. The third kappa shape index (κ3) is 4.66. The van der Waals surface area contributed by atoms with Crippen LogP contribution in [0, 0.1) is 19.7 Å². The molecular weight excluding hydrogens is 457 g/mol. The van der Waals surface area contributed by atoms with E-state index < -0.39 is 5.82 Å². The average Bonchev–Trinajstić information content (AvgIpc) is 3.17. The van der Waals surface area contributed by atoms with Gasteiger partial charge in [-0.1, -0.05) is 29.4 Å². The Morgan fingerprint density at radius 2 is 1.94 bits per heavy atom. The Bertz CT molecular complexity index is 1350. The molecule has 158 valence electrons. The predicted octanol–water partition coefficient (Wildman–Crippen LogP) is 5.59. The number of carbonyl (C=O) groups excluding carboxylic acids is 1. The highest BCUT2D eigenvalue weighted by Gasteiger charge is 2.16. The number of rotatable bonds is 5. The molecule has 0 unspecified atom stereocenters. The zero-order chi connectivity index (χ0) is 22.1. The lowest BCUT2D eigenvalue weighted by atomic mass is 10.1. The van der Waals surface area contributed by atoms with Crippen molar-refractivity contribution in [2.45, 2.75) is 19.0 Å². The summed E-state index contributed by atoms with van der Waals surface area (Å²) in [5.74, 6) is -0.825. The van der Waals surface area contributed by atoms with Crippen molar-refractivity contribution in [3.63, 3.8) is 0 Å². The quantitative estimate of drug-likeness (QED) is 0.303. The van der Waals surface area contributed by atoms with Crippen molar-refractivity contribution in [3.8, 4) is 5.69 Å². The molecule has 0 atom stereocenters. The van der Waals surface area contributed by atoms with E-state index in [9.17, 15) is 14.0 Å². The minimum Gasteiger partial charge on any atom is -0.324 e. The van der Waals surface area contributed by atoms with Gasteiger partial charge >= 0.3 is 0 Å². The number of hydrogen-bond donors (Lipinski definition) is 1. The van der Waals surface area contributed by atoms with Crippen LogP contribution >= 0.6 is 34.7 Å². The Labute approximate surface area is 190 Å². The fraction of sp³-hybridized carbons (Fsp3) is 0.136. The van der Waals surface area contributed by atoms with Gasteiger partial charge in [-0.2, -0.15) is 0 Å². The van der Waals surface area contributed by atoms with E-state index in [4.69, 9.17) is 11.6 Å². The number of thioether (sulfide) groups is 1. The molecule has 1 amide bonds. The molecule has 4 rings (SSSR count). The number of nitrogens with one attached hydrogen (secondary N) is 1. The van der Waals surface area contributed by atoms with Crippen LogP contribution < -0.4 is 10.9 Å².